The molecule has 0 saturated carbocycles. The van der Waals surface area contributed by atoms with E-state index in [1.165, 1.54) is 12.1 Å². The fraction of sp³-hybridized carbons (Fsp3) is 0.100. The van der Waals surface area contributed by atoms with E-state index >= 15 is 0 Å². The Hall–Kier alpha value is -3.21. The molecule has 2 N–H and O–H groups in total. The Bertz CT molecular complexity index is 1190. The van der Waals surface area contributed by atoms with Crippen LogP contribution >= 0.6 is 22.6 Å². The number of pyridine rings is 1. The van der Waals surface area contributed by atoms with Gasteiger partial charge in [-0.15, -0.1) is 0 Å². The number of hydrogen-bond acceptors (Lipinski definition) is 6. The quantitative estimate of drug-likeness (QED) is 0.300. The zero-order chi connectivity index (χ0) is 20.4. The molecule has 146 valence electrons. The fourth-order valence-electron chi connectivity index (χ4n) is 3.01. The molecule has 0 fully saturated rings. The fourth-order valence-corrected chi connectivity index (χ4v) is 3.35. The number of nitrogens with one attached hydrogen (secondary N) is 1. The molecule has 29 heavy (non-hydrogen) atoms. The van der Waals surface area contributed by atoms with Crippen LogP contribution in [0, 0.1) is 6.92 Å². The van der Waals surface area contributed by atoms with Gasteiger partial charge in [-0.1, -0.05) is 0 Å². The Balaban J connectivity index is 1.69. The van der Waals surface area contributed by atoms with Gasteiger partial charge in [-0.3, -0.25) is 4.40 Å². The number of ether oxygens (including phenoxy) is 1. The second-order valence-electron chi connectivity index (χ2n) is 6.14. The second-order valence-corrected chi connectivity index (χ2v) is 6.76. The van der Waals surface area contributed by atoms with E-state index < -0.39 is 5.97 Å². The summed E-state index contributed by atoms with van der Waals surface area (Å²) in [4.78, 5) is 24.5. The van der Waals surface area contributed by atoms with E-state index in [1.54, 1.807) is 18.3 Å². The summed E-state index contributed by atoms with van der Waals surface area (Å²) in [6, 6.07) is 12.0. The number of benzene rings is 1. The number of anilines is 2. The van der Waals surface area contributed by atoms with Crippen molar-refractivity contribution in [2.45, 2.75) is 6.92 Å². The third-order valence-electron chi connectivity index (χ3n) is 4.28. The Kier molecular flexibility index (Phi) is 5.30. The number of aromatic carboxylic acids is 1. The second kappa shape index (κ2) is 8.03. The summed E-state index contributed by atoms with van der Waals surface area (Å²) in [5.41, 5.74) is 4.03. The summed E-state index contributed by atoms with van der Waals surface area (Å²) < 4.78 is 8.15. The smallest absolute Gasteiger partial charge is 0.335 e. The summed E-state index contributed by atoms with van der Waals surface area (Å²) in [6.45, 7) is 1.93. The van der Waals surface area contributed by atoms with Gasteiger partial charge >= 0.3 is 5.97 Å². The zero-order valence-corrected chi connectivity index (χ0v) is 17.5. The normalized spacial score (nSPS) is 10.8. The molecular formula is C20H16IN5O3. The topological polar surface area (TPSA) is 102 Å². The molecule has 1 aromatic carbocycles. The molecule has 0 radical (unpaired) electrons. The van der Waals surface area contributed by atoms with Crippen molar-refractivity contribution in [2.24, 2.45) is 0 Å². The predicted octanol–water partition coefficient (Wildman–Crippen LogP) is 4.31. The number of carboxylic acid groups (broad SMARTS) is 1. The van der Waals surface area contributed by atoms with Gasteiger partial charge in [0, 0.05) is 18.1 Å². The third kappa shape index (κ3) is 3.86. The van der Waals surface area contributed by atoms with Gasteiger partial charge in [0.2, 0.25) is 5.95 Å². The number of nitrogens with zero attached hydrogens (tertiary/aromatic N) is 4. The number of rotatable bonds is 6. The van der Waals surface area contributed by atoms with Gasteiger partial charge in [0.15, 0.2) is 11.4 Å². The highest BCUT2D eigenvalue weighted by molar-refractivity contribution is 14.1. The van der Waals surface area contributed by atoms with E-state index in [0.717, 1.165) is 17.0 Å². The van der Waals surface area contributed by atoms with Crippen LogP contribution in [0.5, 0.6) is 5.75 Å². The van der Waals surface area contributed by atoms with Crippen molar-refractivity contribution < 1.29 is 14.6 Å². The Morgan fingerprint density at radius 3 is 2.72 bits per heavy atom. The predicted molar refractivity (Wildman–Crippen MR) is 117 cm³/mol. The highest BCUT2D eigenvalue weighted by atomic mass is 127. The number of aryl methyl sites for hydroxylation is 1. The zero-order valence-electron chi connectivity index (χ0n) is 15.3. The number of carboxylic acids is 1. The number of halogens is 1. The standard InChI is InChI=1S/C20H16IN5O3/c1-12-17(26-10-2-3-16(29-11-21)18(26)23-12)15-8-9-22-20(25-15)24-14-6-4-13(5-7-14)19(27)28/h2-10H,11H2,1H3,(H,27,28)(H,22,24,25). The average Bonchev–Trinajstić information content (AvgIpc) is 3.06. The molecule has 0 atom stereocenters. The molecular weight excluding hydrogens is 485 g/mol. The number of imidazole rings is 1. The molecule has 0 spiro atoms. The number of fused-ring (bicyclic) bond motifs is 1. The minimum absolute atomic E-state index is 0.219. The first-order valence-electron chi connectivity index (χ1n) is 8.67. The molecule has 0 aliphatic heterocycles. The average molecular weight is 501 g/mol. The van der Waals surface area contributed by atoms with Gasteiger partial charge in [-0.25, -0.2) is 19.7 Å². The van der Waals surface area contributed by atoms with Crippen molar-refractivity contribution >= 4 is 45.8 Å². The van der Waals surface area contributed by atoms with Crippen molar-refractivity contribution in [3.8, 4) is 17.1 Å². The number of aromatic nitrogens is 4. The van der Waals surface area contributed by atoms with Crippen LogP contribution in [-0.2, 0) is 0 Å². The molecule has 8 nitrogen and oxygen atoms in total. The largest absolute Gasteiger partial charge is 0.479 e. The Morgan fingerprint density at radius 2 is 2.00 bits per heavy atom. The van der Waals surface area contributed by atoms with Gasteiger partial charge in [-0.2, -0.15) is 0 Å². The molecule has 0 aliphatic rings. The SMILES string of the molecule is Cc1nc2c(OCI)cccn2c1-c1ccnc(Nc2ccc(C(=O)O)cc2)n1. The summed E-state index contributed by atoms with van der Waals surface area (Å²) in [7, 11) is 0. The molecule has 3 aromatic heterocycles. The molecule has 4 aromatic rings. The molecule has 0 bridgehead atoms. The molecule has 0 amide bonds. The lowest BCUT2D eigenvalue weighted by Gasteiger charge is -2.08. The summed E-state index contributed by atoms with van der Waals surface area (Å²) in [5.74, 6) is 0.144. The van der Waals surface area contributed by atoms with E-state index in [2.05, 4.69) is 42.9 Å². The van der Waals surface area contributed by atoms with Crippen LogP contribution in [0.1, 0.15) is 16.1 Å². The maximum absolute atomic E-state index is 11.0. The molecule has 0 aliphatic carbocycles. The number of alkyl halides is 1. The molecule has 3 heterocycles. The van der Waals surface area contributed by atoms with E-state index in [4.69, 9.17) is 9.84 Å². The first-order chi connectivity index (χ1) is 14.1. The van der Waals surface area contributed by atoms with Crippen LogP contribution < -0.4 is 10.1 Å². The minimum Gasteiger partial charge on any atom is -0.479 e. The van der Waals surface area contributed by atoms with E-state index in [9.17, 15) is 4.79 Å². The highest BCUT2D eigenvalue weighted by Crippen LogP contribution is 2.28. The van der Waals surface area contributed by atoms with Crippen LogP contribution in [0.15, 0.2) is 54.9 Å². The summed E-state index contributed by atoms with van der Waals surface area (Å²) >= 11 is 2.15. The van der Waals surface area contributed by atoms with E-state index in [-0.39, 0.29) is 5.56 Å². The van der Waals surface area contributed by atoms with Crippen LogP contribution in [0.25, 0.3) is 17.0 Å². The first-order valence-corrected chi connectivity index (χ1v) is 10.2. The van der Waals surface area contributed by atoms with E-state index in [1.807, 2.05) is 35.7 Å². The first kappa shape index (κ1) is 19.1. The van der Waals surface area contributed by atoms with Gasteiger partial charge in [0.05, 0.1) is 22.6 Å². The van der Waals surface area contributed by atoms with Crippen LogP contribution in [0.3, 0.4) is 0 Å². The summed E-state index contributed by atoms with van der Waals surface area (Å²) in [6.07, 6.45) is 3.59. The molecule has 0 unspecified atom stereocenters. The lowest BCUT2D eigenvalue weighted by Crippen LogP contribution is -2.01. The van der Waals surface area contributed by atoms with Gasteiger partial charge in [-0.05, 0) is 72.0 Å². The maximum Gasteiger partial charge on any atom is 0.335 e. The highest BCUT2D eigenvalue weighted by Gasteiger charge is 2.16. The minimum atomic E-state index is -0.969. The van der Waals surface area contributed by atoms with Gasteiger partial charge in [0.1, 0.15) is 4.61 Å². The lowest BCUT2D eigenvalue weighted by atomic mass is 10.2. The van der Waals surface area contributed by atoms with Crippen molar-refractivity contribution in [1.82, 2.24) is 19.4 Å². The van der Waals surface area contributed by atoms with Crippen LogP contribution in [-0.4, -0.2) is 35.0 Å². The third-order valence-corrected chi connectivity index (χ3v) is 4.60. The van der Waals surface area contributed by atoms with Crippen LogP contribution in [0.2, 0.25) is 0 Å². The van der Waals surface area contributed by atoms with Crippen molar-refractivity contribution in [1.29, 1.82) is 0 Å². The van der Waals surface area contributed by atoms with Crippen molar-refractivity contribution in [2.75, 3.05) is 9.93 Å². The van der Waals surface area contributed by atoms with Crippen LogP contribution in [0.4, 0.5) is 11.6 Å². The molecule has 4 rings (SSSR count). The summed E-state index contributed by atoms with van der Waals surface area (Å²) in [5, 5.41) is 12.1. The lowest BCUT2D eigenvalue weighted by molar-refractivity contribution is 0.0697. The van der Waals surface area contributed by atoms with Crippen molar-refractivity contribution in [3.05, 3.63) is 66.1 Å². The van der Waals surface area contributed by atoms with Gasteiger partial charge < -0.3 is 15.2 Å². The van der Waals surface area contributed by atoms with Gasteiger partial charge in [0.25, 0.3) is 0 Å². The van der Waals surface area contributed by atoms with Crippen molar-refractivity contribution in [3.63, 3.8) is 0 Å². The monoisotopic (exact) mass is 501 g/mol. The Morgan fingerprint density at radius 1 is 1.21 bits per heavy atom. The Labute approximate surface area is 179 Å². The maximum atomic E-state index is 11.0. The number of carbonyl (C=O) groups is 1. The molecule has 9 heteroatoms. The molecule has 0 saturated heterocycles. The number of hydrogen-bond donors (Lipinski definition) is 2. The van der Waals surface area contributed by atoms with E-state index in [0.29, 0.717) is 27.7 Å².